The summed E-state index contributed by atoms with van der Waals surface area (Å²) in [6.07, 6.45) is 4.65. The fourth-order valence-corrected chi connectivity index (χ4v) is 2.46. The first-order valence-corrected chi connectivity index (χ1v) is 8.12. The monoisotopic (exact) mass is 333 g/mol. The molecule has 126 valence electrons. The Hall–Kier alpha value is -3.14. The van der Waals surface area contributed by atoms with Crippen molar-refractivity contribution in [2.45, 2.75) is 13.3 Å². The van der Waals surface area contributed by atoms with Crippen LogP contribution in [-0.4, -0.2) is 17.9 Å². The molecule has 0 unspecified atom stereocenters. The zero-order valence-corrected chi connectivity index (χ0v) is 14.0. The smallest absolute Gasteiger partial charge is 0.226 e. The molecule has 0 atom stereocenters. The lowest BCUT2D eigenvalue weighted by Crippen LogP contribution is -2.02. The molecule has 0 fully saturated rings. The van der Waals surface area contributed by atoms with Crippen molar-refractivity contribution in [2.24, 2.45) is 0 Å². The van der Waals surface area contributed by atoms with Gasteiger partial charge in [-0.3, -0.25) is 4.79 Å². The summed E-state index contributed by atoms with van der Waals surface area (Å²) in [5.74, 6) is 2.24. The molecule has 1 heterocycles. The van der Waals surface area contributed by atoms with Crippen LogP contribution < -0.4 is 4.74 Å². The second-order valence-electron chi connectivity index (χ2n) is 5.55. The number of aryl methyl sites for hydroxylation is 1. The number of benzene rings is 2. The molecule has 0 aliphatic heterocycles. The molecule has 1 aromatic heterocycles. The summed E-state index contributed by atoms with van der Waals surface area (Å²) in [6.45, 7) is 2.44. The van der Waals surface area contributed by atoms with E-state index in [4.69, 9.17) is 9.15 Å². The summed E-state index contributed by atoms with van der Waals surface area (Å²) >= 11 is 0. The number of carbonyl (C=O) groups is 1. The zero-order chi connectivity index (χ0) is 17.5. The normalized spacial score (nSPS) is 10.9. The molecule has 0 amide bonds. The third kappa shape index (κ3) is 4.44. The van der Waals surface area contributed by atoms with Crippen LogP contribution in [0.5, 0.6) is 5.75 Å². The SMILES string of the molecule is Cc1oc(-c2ccccc2)nc1CCOc1ccc(/C=C/C=O)cc1. The number of aromatic nitrogens is 1. The van der Waals surface area contributed by atoms with Gasteiger partial charge in [0.2, 0.25) is 5.89 Å². The van der Waals surface area contributed by atoms with Crippen LogP contribution in [0.2, 0.25) is 0 Å². The fraction of sp³-hybridized carbons (Fsp3) is 0.143. The number of hydrogen-bond acceptors (Lipinski definition) is 4. The molecule has 0 bridgehead atoms. The van der Waals surface area contributed by atoms with E-state index >= 15 is 0 Å². The molecule has 0 aliphatic rings. The Kier molecular flexibility index (Phi) is 5.42. The van der Waals surface area contributed by atoms with Gasteiger partial charge in [-0.05, 0) is 42.8 Å². The first-order valence-electron chi connectivity index (χ1n) is 8.12. The zero-order valence-electron chi connectivity index (χ0n) is 14.0. The van der Waals surface area contributed by atoms with E-state index < -0.39 is 0 Å². The molecule has 0 N–H and O–H groups in total. The fourth-order valence-electron chi connectivity index (χ4n) is 2.46. The second kappa shape index (κ2) is 8.11. The molecule has 0 aliphatic carbocycles. The summed E-state index contributed by atoms with van der Waals surface area (Å²) < 4.78 is 11.5. The summed E-state index contributed by atoms with van der Waals surface area (Å²) in [4.78, 5) is 14.9. The highest BCUT2D eigenvalue weighted by molar-refractivity contribution is 5.73. The number of carbonyl (C=O) groups excluding carboxylic acids is 1. The first-order chi connectivity index (χ1) is 12.3. The molecule has 4 heteroatoms. The van der Waals surface area contributed by atoms with Gasteiger partial charge in [0.1, 0.15) is 17.8 Å². The van der Waals surface area contributed by atoms with Crippen LogP contribution in [0.25, 0.3) is 17.5 Å². The molecule has 2 aromatic carbocycles. The van der Waals surface area contributed by atoms with Crippen LogP contribution in [0.4, 0.5) is 0 Å². The molecule has 0 spiro atoms. The lowest BCUT2D eigenvalue weighted by atomic mass is 10.2. The number of oxazole rings is 1. The third-order valence-corrected chi connectivity index (χ3v) is 3.77. The molecule has 3 rings (SSSR count). The summed E-state index contributed by atoms with van der Waals surface area (Å²) in [5.41, 5.74) is 2.83. The maximum absolute atomic E-state index is 10.3. The van der Waals surface area contributed by atoms with Crippen LogP contribution in [-0.2, 0) is 11.2 Å². The highest BCUT2D eigenvalue weighted by atomic mass is 16.5. The largest absolute Gasteiger partial charge is 0.493 e. The van der Waals surface area contributed by atoms with Gasteiger partial charge in [0.25, 0.3) is 0 Å². The first kappa shape index (κ1) is 16.7. The average molecular weight is 333 g/mol. The Labute approximate surface area is 146 Å². The minimum Gasteiger partial charge on any atom is -0.493 e. The summed E-state index contributed by atoms with van der Waals surface area (Å²) in [7, 11) is 0. The molecular weight excluding hydrogens is 314 g/mol. The number of rotatable bonds is 7. The van der Waals surface area contributed by atoms with Gasteiger partial charge in [-0.1, -0.05) is 36.4 Å². The van der Waals surface area contributed by atoms with Gasteiger partial charge in [-0.15, -0.1) is 0 Å². The van der Waals surface area contributed by atoms with Crippen molar-refractivity contribution >= 4 is 12.4 Å². The minimum atomic E-state index is 0.519. The van der Waals surface area contributed by atoms with E-state index in [1.807, 2.05) is 61.5 Å². The van der Waals surface area contributed by atoms with E-state index in [9.17, 15) is 4.79 Å². The van der Waals surface area contributed by atoms with E-state index in [2.05, 4.69) is 4.98 Å². The van der Waals surface area contributed by atoms with E-state index in [0.717, 1.165) is 34.6 Å². The topological polar surface area (TPSA) is 52.3 Å². The van der Waals surface area contributed by atoms with E-state index in [-0.39, 0.29) is 0 Å². The third-order valence-electron chi connectivity index (χ3n) is 3.77. The van der Waals surface area contributed by atoms with Gasteiger partial charge in [0, 0.05) is 12.0 Å². The molecule has 25 heavy (non-hydrogen) atoms. The molecule has 3 aromatic rings. The van der Waals surface area contributed by atoms with Crippen molar-refractivity contribution in [1.82, 2.24) is 4.98 Å². The Bertz CT molecular complexity index is 849. The molecule has 0 radical (unpaired) electrons. The Morgan fingerprint density at radius 3 is 2.56 bits per heavy atom. The predicted molar refractivity (Wildman–Crippen MR) is 97.4 cm³/mol. The van der Waals surface area contributed by atoms with Gasteiger partial charge in [-0.25, -0.2) is 4.98 Å². The number of ether oxygens (including phenoxy) is 1. The standard InChI is InChI=1S/C21H19NO3/c1-16-20(22-21(25-16)18-7-3-2-4-8-18)13-15-24-19-11-9-17(10-12-19)6-5-14-23/h2-12,14H,13,15H2,1H3/b6-5+. The van der Waals surface area contributed by atoms with Gasteiger partial charge < -0.3 is 9.15 Å². The van der Waals surface area contributed by atoms with Crippen LogP contribution in [0.3, 0.4) is 0 Å². The van der Waals surface area contributed by atoms with Crippen LogP contribution in [0.15, 0.2) is 65.1 Å². The Morgan fingerprint density at radius 1 is 1.08 bits per heavy atom. The van der Waals surface area contributed by atoms with E-state index in [1.54, 1.807) is 6.08 Å². The van der Waals surface area contributed by atoms with Gasteiger partial charge >= 0.3 is 0 Å². The highest BCUT2D eigenvalue weighted by Crippen LogP contribution is 2.22. The predicted octanol–water partition coefficient (Wildman–Crippen LogP) is 4.48. The number of allylic oxidation sites excluding steroid dienone is 1. The molecule has 0 saturated heterocycles. The molecular formula is C21H19NO3. The molecule has 0 saturated carbocycles. The van der Waals surface area contributed by atoms with Crippen LogP contribution in [0, 0.1) is 6.92 Å². The van der Waals surface area contributed by atoms with Crippen LogP contribution in [0.1, 0.15) is 17.0 Å². The Balaban J connectivity index is 1.58. The quantitative estimate of drug-likeness (QED) is 0.472. The van der Waals surface area contributed by atoms with Crippen molar-refractivity contribution < 1.29 is 13.9 Å². The van der Waals surface area contributed by atoms with Crippen molar-refractivity contribution in [3.63, 3.8) is 0 Å². The second-order valence-corrected chi connectivity index (χ2v) is 5.55. The van der Waals surface area contributed by atoms with Gasteiger partial charge in [0.15, 0.2) is 0 Å². The summed E-state index contributed by atoms with van der Waals surface area (Å²) in [6, 6.07) is 17.4. The number of hydrogen-bond donors (Lipinski definition) is 0. The number of nitrogens with zero attached hydrogens (tertiary/aromatic N) is 1. The maximum Gasteiger partial charge on any atom is 0.226 e. The minimum absolute atomic E-state index is 0.519. The van der Waals surface area contributed by atoms with Crippen molar-refractivity contribution in [3.8, 4) is 17.2 Å². The van der Waals surface area contributed by atoms with Crippen LogP contribution >= 0.6 is 0 Å². The van der Waals surface area contributed by atoms with E-state index in [1.165, 1.54) is 6.08 Å². The van der Waals surface area contributed by atoms with Gasteiger partial charge in [0.05, 0.1) is 12.3 Å². The van der Waals surface area contributed by atoms with Crippen molar-refractivity contribution in [3.05, 3.63) is 77.7 Å². The van der Waals surface area contributed by atoms with E-state index in [0.29, 0.717) is 18.9 Å². The highest BCUT2D eigenvalue weighted by Gasteiger charge is 2.11. The van der Waals surface area contributed by atoms with Crippen molar-refractivity contribution in [2.75, 3.05) is 6.61 Å². The lowest BCUT2D eigenvalue weighted by Gasteiger charge is -2.05. The summed E-state index contributed by atoms with van der Waals surface area (Å²) in [5, 5.41) is 0. The average Bonchev–Trinajstić information content (AvgIpc) is 3.03. The Morgan fingerprint density at radius 2 is 1.84 bits per heavy atom. The maximum atomic E-state index is 10.3. The number of aldehydes is 1. The van der Waals surface area contributed by atoms with Crippen molar-refractivity contribution in [1.29, 1.82) is 0 Å². The van der Waals surface area contributed by atoms with Gasteiger partial charge in [-0.2, -0.15) is 0 Å². The lowest BCUT2D eigenvalue weighted by molar-refractivity contribution is -0.104. The molecule has 4 nitrogen and oxygen atoms in total.